The van der Waals surface area contributed by atoms with E-state index in [1.807, 2.05) is 0 Å². The lowest BCUT2D eigenvalue weighted by atomic mass is 10.1. The second-order valence-corrected chi connectivity index (χ2v) is 5.22. The summed E-state index contributed by atoms with van der Waals surface area (Å²) in [5.74, 6) is 0. The van der Waals surface area contributed by atoms with Crippen molar-refractivity contribution >= 4 is 0 Å². The highest BCUT2D eigenvalue weighted by Gasteiger charge is 2.32. The first kappa shape index (κ1) is 11.3. The van der Waals surface area contributed by atoms with Crippen LogP contribution in [0.1, 0.15) is 39.5 Å². The van der Waals surface area contributed by atoms with E-state index in [1.54, 1.807) is 0 Å². The average Bonchev–Trinajstić information content (AvgIpc) is 2.92. The SMILES string of the molecule is CC(C)N(CCC1NCCC1F)C1CC1. The van der Waals surface area contributed by atoms with Crippen LogP contribution in [-0.4, -0.2) is 42.3 Å². The molecule has 1 heterocycles. The van der Waals surface area contributed by atoms with Gasteiger partial charge in [0.2, 0.25) is 0 Å². The third kappa shape index (κ3) is 2.91. The standard InChI is InChI=1S/C12H23FN2/c1-9(2)15(10-3-4-10)8-6-12-11(13)5-7-14-12/h9-12,14H,3-8H2,1-2H3. The summed E-state index contributed by atoms with van der Waals surface area (Å²) in [6.07, 6.45) is 3.74. The molecule has 88 valence electrons. The normalized spacial score (nSPS) is 31.8. The Morgan fingerprint density at radius 3 is 2.53 bits per heavy atom. The van der Waals surface area contributed by atoms with Gasteiger partial charge in [-0.3, -0.25) is 4.90 Å². The summed E-state index contributed by atoms with van der Waals surface area (Å²) in [7, 11) is 0. The van der Waals surface area contributed by atoms with Gasteiger partial charge in [-0.25, -0.2) is 4.39 Å². The van der Waals surface area contributed by atoms with E-state index in [0.717, 1.165) is 25.6 Å². The first-order valence-electron chi connectivity index (χ1n) is 6.31. The summed E-state index contributed by atoms with van der Waals surface area (Å²) in [6, 6.07) is 1.52. The third-order valence-corrected chi connectivity index (χ3v) is 3.64. The molecule has 0 bridgehead atoms. The number of halogens is 1. The molecule has 2 unspecified atom stereocenters. The molecule has 1 saturated carbocycles. The predicted octanol–water partition coefficient (Wildman–Crippen LogP) is 1.95. The van der Waals surface area contributed by atoms with Crippen LogP contribution in [0.4, 0.5) is 4.39 Å². The van der Waals surface area contributed by atoms with Crippen molar-refractivity contribution in [1.82, 2.24) is 10.2 Å². The second-order valence-electron chi connectivity index (χ2n) is 5.22. The van der Waals surface area contributed by atoms with Gasteiger partial charge in [0.1, 0.15) is 6.17 Å². The summed E-state index contributed by atoms with van der Waals surface area (Å²) in [5, 5.41) is 3.26. The molecule has 1 saturated heterocycles. The van der Waals surface area contributed by atoms with E-state index in [-0.39, 0.29) is 6.04 Å². The number of nitrogens with one attached hydrogen (secondary N) is 1. The molecule has 0 aromatic heterocycles. The van der Waals surface area contributed by atoms with Crippen LogP contribution in [-0.2, 0) is 0 Å². The molecule has 15 heavy (non-hydrogen) atoms. The predicted molar refractivity (Wildman–Crippen MR) is 60.8 cm³/mol. The maximum atomic E-state index is 13.4. The highest BCUT2D eigenvalue weighted by molar-refractivity contribution is 4.89. The van der Waals surface area contributed by atoms with E-state index in [9.17, 15) is 4.39 Å². The molecule has 0 radical (unpaired) electrons. The molecule has 2 rings (SSSR count). The smallest absolute Gasteiger partial charge is 0.117 e. The third-order valence-electron chi connectivity index (χ3n) is 3.64. The maximum Gasteiger partial charge on any atom is 0.117 e. The van der Waals surface area contributed by atoms with E-state index in [0.29, 0.717) is 12.5 Å². The molecule has 0 spiro atoms. The van der Waals surface area contributed by atoms with E-state index < -0.39 is 6.17 Å². The average molecular weight is 214 g/mol. The molecule has 0 amide bonds. The number of hydrogen-bond acceptors (Lipinski definition) is 2. The van der Waals surface area contributed by atoms with Gasteiger partial charge >= 0.3 is 0 Å². The monoisotopic (exact) mass is 214 g/mol. The van der Waals surface area contributed by atoms with Gasteiger partial charge in [-0.15, -0.1) is 0 Å². The Morgan fingerprint density at radius 2 is 2.07 bits per heavy atom. The molecule has 1 aliphatic heterocycles. The van der Waals surface area contributed by atoms with Crippen LogP contribution in [0.2, 0.25) is 0 Å². The van der Waals surface area contributed by atoms with Crippen LogP contribution < -0.4 is 5.32 Å². The maximum absolute atomic E-state index is 13.4. The summed E-state index contributed by atoms with van der Waals surface area (Å²) < 4.78 is 13.4. The molecule has 1 N–H and O–H groups in total. The fourth-order valence-electron chi connectivity index (χ4n) is 2.58. The quantitative estimate of drug-likeness (QED) is 0.752. The Morgan fingerprint density at radius 1 is 1.33 bits per heavy atom. The van der Waals surface area contributed by atoms with Gasteiger partial charge in [0.05, 0.1) is 0 Å². The minimum atomic E-state index is -0.613. The fraction of sp³-hybridized carbons (Fsp3) is 1.00. The number of nitrogens with zero attached hydrogens (tertiary/aromatic N) is 1. The van der Waals surface area contributed by atoms with Crippen LogP contribution in [0.15, 0.2) is 0 Å². The van der Waals surface area contributed by atoms with Crippen molar-refractivity contribution < 1.29 is 4.39 Å². The lowest BCUT2D eigenvalue weighted by Gasteiger charge is -2.27. The van der Waals surface area contributed by atoms with Crippen molar-refractivity contribution in [3.05, 3.63) is 0 Å². The largest absolute Gasteiger partial charge is 0.311 e. The Kier molecular flexibility index (Phi) is 3.62. The van der Waals surface area contributed by atoms with Crippen LogP contribution in [0.3, 0.4) is 0 Å². The molecule has 0 aromatic carbocycles. The summed E-state index contributed by atoms with van der Waals surface area (Å²) in [5.41, 5.74) is 0. The topological polar surface area (TPSA) is 15.3 Å². The van der Waals surface area contributed by atoms with E-state index >= 15 is 0 Å². The Bertz CT molecular complexity index is 202. The number of hydrogen-bond donors (Lipinski definition) is 1. The zero-order valence-electron chi connectivity index (χ0n) is 9.88. The highest BCUT2D eigenvalue weighted by atomic mass is 19.1. The zero-order chi connectivity index (χ0) is 10.8. The Labute approximate surface area is 92.2 Å². The first-order chi connectivity index (χ1) is 7.18. The molecule has 2 aliphatic rings. The van der Waals surface area contributed by atoms with Crippen LogP contribution in [0.5, 0.6) is 0 Å². The van der Waals surface area contributed by atoms with E-state index in [1.165, 1.54) is 12.8 Å². The van der Waals surface area contributed by atoms with Crippen molar-refractivity contribution in [2.75, 3.05) is 13.1 Å². The van der Waals surface area contributed by atoms with Crippen molar-refractivity contribution in [3.63, 3.8) is 0 Å². The molecule has 2 fully saturated rings. The molecular formula is C12H23FN2. The molecule has 2 nitrogen and oxygen atoms in total. The van der Waals surface area contributed by atoms with Gasteiger partial charge in [-0.2, -0.15) is 0 Å². The minimum Gasteiger partial charge on any atom is -0.311 e. The van der Waals surface area contributed by atoms with Gasteiger partial charge in [0.25, 0.3) is 0 Å². The molecule has 1 aliphatic carbocycles. The molecule has 0 aromatic rings. The van der Waals surface area contributed by atoms with Crippen molar-refractivity contribution in [2.45, 2.75) is 63.8 Å². The Balaban J connectivity index is 1.75. The van der Waals surface area contributed by atoms with Gasteiger partial charge in [-0.05, 0) is 46.1 Å². The fourth-order valence-corrected chi connectivity index (χ4v) is 2.58. The van der Waals surface area contributed by atoms with Gasteiger partial charge in [-0.1, -0.05) is 0 Å². The van der Waals surface area contributed by atoms with E-state index in [2.05, 4.69) is 24.1 Å². The van der Waals surface area contributed by atoms with E-state index in [4.69, 9.17) is 0 Å². The van der Waals surface area contributed by atoms with Crippen LogP contribution in [0, 0.1) is 0 Å². The Hall–Kier alpha value is -0.150. The first-order valence-corrected chi connectivity index (χ1v) is 6.31. The van der Waals surface area contributed by atoms with Crippen molar-refractivity contribution in [3.8, 4) is 0 Å². The summed E-state index contributed by atoms with van der Waals surface area (Å²) in [4.78, 5) is 2.53. The van der Waals surface area contributed by atoms with Crippen LogP contribution in [0.25, 0.3) is 0 Å². The van der Waals surface area contributed by atoms with Gasteiger partial charge < -0.3 is 5.32 Å². The van der Waals surface area contributed by atoms with Gasteiger partial charge in [0, 0.05) is 24.7 Å². The van der Waals surface area contributed by atoms with Crippen molar-refractivity contribution in [1.29, 1.82) is 0 Å². The number of rotatable bonds is 5. The molecule has 3 heteroatoms. The number of alkyl halides is 1. The minimum absolute atomic E-state index is 0.116. The van der Waals surface area contributed by atoms with Gasteiger partial charge in [0.15, 0.2) is 0 Å². The van der Waals surface area contributed by atoms with Crippen LogP contribution >= 0.6 is 0 Å². The molecular weight excluding hydrogens is 191 g/mol. The highest BCUT2D eigenvalue weighted by Crippen LogP contribution is 2.29. The zero-order valence-corrected chi connectivity index (χ0v) is 9.88. The second kappa shape index (κ2) is 4.79. The summed E-state index contributed by atoms with van der Waals surface area (Å²) in [6.45, 7) is 6.40. The van der Waals surface area contributed by atoms with Crippen molar-refractivity contribution in [2.24, 2.45) is 0 Å². The lowest BCUT2D eigenvalue weighted by Crippen LogP contribution is -2.38. The lowest BCUT2D eigenvalue weighted by molar-refractivity contribution is 0.187. The summed E-state index contributed by atoms with van der Waals surface area (Å²) >= 11 is 0. The molecule has 2 atom stereocenters.